The number of rotatable bonds is 4. The molecule has 3 rings (SSSR count). The van der Waals surface area contributed by atoms with E-state index in [1.54, 1.807) is 13.8 Å². The molecule has 2 aromatic heterocycles. The fraction of sp³-hybridized carbons (Fsp3) is 0.300. The molecule has 8 heteroatoms. The number of anilines is 1. The van der Waals surface area contributed by atoms with Gasteiger partial charge in [0.25, 0.3) is 5.56 Å². The molecule has 0 aliphatic rings. The molecule has 0 fully saturated rings. The molecule has 2 heterocycles. The van der Waals surface area contributed by atoms with Crippen LogP contribution in [-0.4, -0.2) is 28.5 Å². The number of nitrogens with zero attached hydrogens (tertiary/aromatic N) is 2. The van der Waals surface area contributed by atoms with Gasteiger partial charge in [-0.15, -0.1) is 11.3 Å². The number of hydrogen-bond donors (Lipinski definition) is 1. The number of ether oxygens (including phenoxy) is 1. The Bertz CT molecular complexity index is 1150. The Labute approximate surface area is 166 Å². The molecular formula is C20H21N3O4S. The van der Waals surface area contributed by atoms with Crippen LogP contribution in [0, 0.1) is 20.8 Å². The van der Waals surface area contributed by atoms with Gasteiger partial charge < -0.3 is 10.1 Å². The number of carbonyl (C=O) groups excluding carboxylic acids is 2. The van der Waals surface area contributed by atoms with Crippen LogP contribution in [0.1, 0.15) is 39.3 Å². The zero-order valence-corrected chi connectivity index (χ0v) is 17.1. The second kappa shape index (κ2) is 7.55. The smallest absolute Gasteiger partial charge is 0.348 e. The molecule has 1 atom stereocenters. The maximum absolute atomic E-state index is 13.0. The quantitative estimate of drug-likeness (QED) is 0.680. The first-order valence-electron chi connectivity index (χ1n) is 8.71. The van der Waals surface area contributed by atoms with Crippen LogP contribution in [-0.2, 0) is 9.53 Å². The van der Waals surface area contributed by atoms with Crippen molar-refractivity contribution in [3.63, 3.8) is 0 Å². The lowest BCUT2D eigenvalue weighted by Crippen LogP contribution is -2.32. The molecule has 1 amide bonds. The highest BCUT2D eigenvalue weighted by atomic mass is 32.1. The first kappa shape index (κ1) is 19.8. The molecule has 0 saturated heterocycles. The Morgan fingerprint density at radius 3 is 2.61 bits per heavy atom. The van der Waals surface area contributed by atoms with Crippen molar-refractivity contribution in [2.45, 2.75) is 33.7 Å². The molecule has 146 valence electrons. The van der Waals surface area contributed by atoms with Crippen molar-refractivity contribution >= 4 is 39.1 Å². The number of methoxy groups -OCH3 is 1. The highest BCUT2D eigenvalue weighted by Gasteiger charge is 2.23. The maximum atomic E-state index is 13.0. The molecule has 28 heavy (non-hydrogen) atoms. The number of benzene rings is 1. The number of hydrogen-bond acceptors (Lipinski definition) is 6. The van der Waals surface area contributed by atoms with E-state index in [2.05, 4.69) is 10.3 Å². The van der Waals surface area contributed by atoms with Gasteiger partial charge in [0.15, 0.2) is 0 Å². The Balaban J connectivity index is 1.97. The van der Waals surface area contributed by atoms with Crippen LogP contribution in [0.25, 0.3) is 10.2 Å². The minimum atomic E-state index is -0.772. The van der Waals surface area contributed by atoms with Crippen LogP contribution in [0.2, 0.25) is 0 Å². The molecule has 3 aromatic rings. The molecule has 7 nitrogen and oxygen atoms in total. The zero-order chi connectivity index (χ0) is 20.6. The molecule has 0 bridgehead atoms. The van der Waals surface area contributed by atoms with Gasteiger partial charge in [0.05, 0.1) is 18.8 Å². The molecule has 0 saturated carbocycles. The lowest BCUT2D eigenvalue weighted by Gasteiger charge is -2.16. The van der Waals surface area contributed by atoms with E-state index >= 15 is 0 Å². The fourth-order valence-electron chi connectivity index (χ4n) is 3.02. The lowest BCUT2D eigenvalue weighted by molar-refractivity contribution is -0.118. The summed E-state index contributed by atoms with van der Waals surface area (Å²) in [5.41, 5.74) is 2.89. The van der Waals surface area contributed by atoms with Crippen LogP contribution >= 0.6 is 11.3 Å². The van der Waals surface area contributed by atoms with E-state index in [0.717, 1.165) is 22.5 Å². The van der Waals surface area contributed by atoms with E-state index in [-0.39, 0.29) is 11.5 Å². The summed E-state index contributed by atoms with van der Waals surface area (Å²) in [5.74, 6) is -0.830. The molecule has 0 aliphatic heterocycles. The second-order valence-corrected chi connectivity index (χ2v) is 7.67. The van der Waals surface area contributed by atoms with Gasteiger partial charge in [0.2, 0.25) is 5.91 Å². The molecule has 0 aliphatic carbocycles. The molecule has 0 spiro atoms. The largest absolute Gasteiger partial charge is 0.465 e. The normalized spacial score (nSPS) is 12.0. The van der Waals surface area contributed by atoms with Gasteiger partial charge in [0.1, 0.15) is 15.7 Å². The third kappa shape index (κ3) is 3.43. The Morgan fingerprint density at radius 2 is 1.96 bits per heavy atom. The topological polar surface area (TPSA) is 90.3 Å². The Hall–Kier alpha value is -3.00. The number of carbonyl (C=O) groups is 2. The number of aromatic nitrogens is 2. The van der Waals surface area contributed by atoms with E-state index in [1.165, 1.54) is 18.0 Å². The highest BCUT2D eigenvalue weighted by molar-refractivity contribution is 7.20. The second-order valence-electron chi connectivity index (χ2n) is 6.67. The minimum absolute atomic E-state index is 0.323. The number of esters is 1. The van der Waals surface area contributed by atoms with E-state index in [1.807, 2.05) is 32.0 Å². The third-order valence-corrected chi connectivity index (χ3v) is 5.86. The summed E-state index contributed by atoms with van der Waals surface area (Å²) >= 11 is 1.11. The van der Waals surface area contributed by atoms with Gasteiger partial charge in [-0.25, -0.2) is 9.78 Å². The number of thiophene rings is 1. The average molecular weight is 399 g/mol. The Morgan fingerprint density at radius 1 is 1.25 bits per heavy atom. The highest BCUT2D eigenvalue weighted by Crippen LogP contribution is 2.27. The number of amides is 1. The lowest BCUT2D eigenvalue weighted by atomic mass is 10.1. The minimum Gasteiger partial charge on any atom is -0.465 e. The van der Waals surface area contributed by atoms with E-state index in [9.17, 15) is 14.4 Å². The number of nitrogens with one attached hydrogen (secondary N) is 1. The Kier molecular flexibility index (Phi) is 5.33. The molecule has 1 aromatic carbocycles. The SMILES string of the molecule is COC(=O)c1sc2ncn([C@H](C)C(=O)Nc3ccc(C)cc3C)c(=O)c2c1C. The van der Waals surface area contributed by atoms with Crippen molar-refractivity contribution in [2.24, 2.45) is 0 Å². The summed E-state index contributed by atoms with van der Waals surface area (Å²) in [6.45, 7) is 7.21. The number of aryl methyl sites for hydroxylation is 3. The van der Waals surface area contributed by atoms with E-state index in [0.29, 0.717) is 26.3 Å². The zero-order valence-electron chi connectivity index (χ0n) is 16.3. The summed E-state index contributed by atoms with van der Waals surface area (Å²) in [6, 6.07) is 4.95. The van der Waals surface area contributed by atoms with Crippen molar-refractivity contribution in [3.05, 3.63) is 56.4 Å². The maximum Gasteiger partial charge on any atom is 0.348 e. The first-order valence-corrected chi connectivity index (χ1v) is 9.53. The summed E-state index contributed by atoms with van der Waals surface area (Å²) in [7, 11) is 1.29. The predicted molar refractivity (Wildman–Crippen MR) is 109 cm³/mol. The average Bonchev–Trinajstić information content (AvgIpc) is 3.00. The molecule has 0 radical (unpaired) electrons. The van der Waals surface area contributed by atoms with Gasteiger partial charge in [-0.2, -0.15) is 0 Å². The van der Waals surface area contributed by atoms with Crippen molar-refractivity contribution < 1.29 is 14.3 Å². The standard InChI is InChI=1S/C20H21N3O4S/c1-10-6-7-14(11(2)8-10)22-17(24)13(4)23-9-21-18-15(19(23)25)12(3)16(28-18)20(26)27-5/h6-9,13H,1-5H3,(H,22,24)/t13-/m1/s1. The van der Waals surface area contributed by atoms with Crippen LogP contribution in [0.5, 0.6) is 0 Å². The van der Waals surface area contributed by atoms with Crippen molar-refractivity contribution in [1.82, 2.24) is 9.55 Å². The van der Waals surface area contributed by atoms with E-state index < -0.39 is 12.0 Å². The third-order valence-electron chi connectivity index (χ3n) is 4.68. The summed E-state index contributed by atoms with van der Waals surface area (Å²) in [4.78, 5) is 42.6. The van der Waals surface area contributed by atoms with Gasteiger partial charge >= 0.3 is 5.97 Å². The summed E-state index contributed by atoms with van der Waals surface area (Å²) < 4.78 is 6.04. The van der Waals surface area contributed by atoms with Crippen LogP contribution in [0.4, 0.5) is 5.69 Å². The van der Waals surface area contributed by atoms with Gasteiger partial charge in [0, 0.05) is 5.69 Å². The number of fused-ring (bicyclic) bond motifs is 1. The van der Waals surface area contributed by atoms with Crippen LogP contribution in [0.3, 0.4) is 0 Å². The van der Waals surface area contributed by atoms with E-state index in [4.69, 9.17) is 4.74 Å². The van der Waals surface area contributed by atoms with Gasteiger partial charge in [-0.1, -0.05) is 17.7 Å². The first-order chi connectivity index (χ1) is 13.2. The van der Waals surface area contributed by atoms with Crippen molar-refractivity contribution in [2.75, 3.05) is 12.4 Å². The molecule has 0 unspecified atom stereocenters. The summed E-state index contributed by atoms with van der Waals surface area (Å²) in [5, 5.41) is 3.19. The predicted octanol–water partition coefficient (Wildman–Crippen LogP) is 3.37. The summed E-state index contributed by atoms with van der Waals surface area (Å²) in [6.07, 6.45) is 1.34. The fourth-order valence-corrected chi connectivity index (χ4v) is 4.08. The molecule has 1 N–H and O–H groups in total. The van der Waals surface area contributed by atoms with Crippen molar-refractivity contribution in [3.8, 4) is 0 Å². The monoisotopic (exact) mass is 399 g/mol. The van der Waals surface area contributed by atoms with Crippen LogP contribution in [0.15, 0.2) is 29.3 Å². The van der Waals surface area contributed by atoms with Crippen LogP contribution < -0.4 is 10.9 Å². The van der Waals surface area contributed by atoms with Gasteiger partial charge in [-0.05, 0) is 44.9 Å². The van der Waals surface area contributed by atoms with Crippen molar-refractivity contribution in [1.29, 1.82) is 0 Å². The molecular weight excluding hydrogens is 378 g/mol. The van der Waals surface area contributed by atoms with Gasteiger partial charge in [-0.3, -0.25) is 14.2 Å².